The van der Waals surface area contributed by atoms with E-state index in [9.17, 15) is 19.7 Å². The maximum absolute atomic E-state index is 12.8. The van der Waals surface area contributed by atoms with Gasteiger partial charge < -0.3 is 10.1 Å². The molecule has 174 valence electrons. The number of para-hydroxylation sites is 1. The maximum atomic E-state index is 12.8. The minimum absolute atomic E-state index is 0.0148. The summed E-state index contributed by atoms with van der Waals surface area (Å²) >= 11 is 0. The number of hydrogen-bond donors (Lipinski definition) is 1. The van der Waals surface area contributed by atoms with Gasteiger partial charge in [0.1, 0.15) is 17.5 Å². The van der Waals surface area contributed by atoms with Crippen molar-refractivity contribution < 1.29 is 14.5 Å². The van der Waals surface area contributed by atoms with Crippen molar-refractivity contribution in [2.75, 3.05) is 6.54 Å². The quantitative estimate of drug-likeness (QED) is 0.297. The van der Waals surface area contributed by atoms with Gasteiger partial charge in [0.25, 0.3) is 17.2 Å². The molecule has 1 unspecified atom stereocenters. The number of carbonyl (C=O) groups is 1. The van der Waals surface area contributed by atoms with Gasteiger partial charge in [0.05, 0.1) is 24.2 Å². The molecule has 0 radical (unpaired) electrons. The first kappa shape index (κ1) is 22.6. The first-order valence-corrected chi connectivity index (χ1v) is 10.6. The second-order valence-corrected chi connectivity index (χ2v) is 7.57. The van der Waals surface area contributed by atoms with Gasteiger partial charge in [-0.15, -0.1) is 0 Å². The van der Waals surface area contributed by atoms with Gasteiger partial charge in [0.2, 0.25) is 0 Å². The van der Waals surface area contributed by atoms with E-state index in [1.54, 1.807) is 35.9 Å². The standard InChI is InChI=1S/C23H22N6O5/c1-16(34-19-5-3-2-4-6-19)22(30)24-11-12-28-21-20(13-26-28)23(31)27(15-25-21)14-17-7-9-18(10-8-17)29(32)33/h2-10,13,15-16H,11-12,14H2,1H3,(H,24,30). The molecule has 1 atom stereocenters. The third-order valence-corrected chi connectivity index (χ3v) is 5.17. The minimum atomic E-state index is -0.665. The second-order valence-electron chi connectivity index (χ2n) is 7.57. The largest absolute Gasteiger partial charge is 0.481 e. The SMILES string of the molecule is CC(Oc1ccccc1)C(=O)NCCn1ncc2c(=O)n(Cc3ccc([N+](=O)[O-])cc3)cnc21. The van der Waals surface area contributed by atoms with Crippen molar-refractivity contribution in [3.05, 3.63) is 93.2 Å². The van der Waals surface area contributed by atoms with Crippen LogP contribution in [-0.2, 0) is 17.9 Å². The lowest BCUT2D eigenvalue weighted by Crippen LogP contribution is -2.38. The van der Waals surface area contributed by atoms with Crippen LogP contribution in [0.5, 0.6) is 5.75 Å². The number of nitrogens with zero attached hydrogens (tertiary/aromatic N) is 5. The molecule has 0 saturated carbocycles. The third kappa shape index (κ3) is 5.09. The van der Waals surface area contributed by atoms with Gasteiger partial charge in [-0.3, -0.25) is 24.3 Å². The number of ether oxygens (including phenoxy) is 1. The smallest absolute Gasteiger partial charge is 0.269 e. The maximum Gasteiger partial charge on any atom is 0.269 e. The minimum Gasteiger partial charge on any atom is -0.481 e. The van der Waals surface area contributed by atoms with Crippen molar-refractivity contribution in [2.24, 2.45) is 0 Å². The van der Waals surface area contributed by atoms with Crippen molar-refractivity contribution in [2.45, 2.75) is 26.1 Å². The van der Waals surface area contributed by atoms with E-state index >= 15 is 0 Å². The molecule has 1 amide bonds. The van der Waals surface area contributed by atoms with E-state index in [4.69, 9.17) is 4.74 Å². The molecular formula is C23H22N6O5. The van der Waals surface area contributed by atoms with E-state index in [0.717, 1.165) is 5.56 Å². The molecule has 0 aliphatic heterocycles. The average molecular weight is 462 g/mol. The average Bonchev–Trinajstić information content (AvgIpc) is 3.25. The van der Waals surface area contributed by atoms with E-state index in [0.29, 0.717) is 23.3 Å². The number of rotatable bonds is 9. The summed E-state index contributed by atoms with van der Waals surface area (Å²) in [6, 6.07) is 15.1. The molecule has 11 heteroatoms. The van der Waals surface area contributed by atoms with Gasteiger partial charge in [-0.05, 0) is 24.6 Å². The monoisotopic (exact) mass is 462 g/mol. The number of aromatic nitrogens is 4. The van der Waals surface area contributed by atoms with Crippen LogP contribution in [0, 0.1) is 10.1 Å². The summed E-state index contributed by atoms with van der Waals surface area (Å²) in [6.45, 7) is 2.50. The molecule has 0 saturated heterocycles. The zero-order chi connectivity index (χ0) is 24.1. The van der Waals surface area contributed by atoms with Crippen LogP contribution in [-0.4, -0.2) is 42.8 Å². The molecule has 2 aromatic heterocycles. The van der Waals surface area contributed by atoms with E-state index in [1.807, 2.05) is 18.2 Å². The number of hydrogen-bond acceptors (Lipinski definition) is 7. The first-order valence-electron chi connectivity index (χ1n) is 10.6. The molecule has 2 heterocycles. The van der Waals surface area contributed by atoms with Gasteiger partial charge >= 0.3 is 0 Å². The highest BCUT2D eigenvalue weighted by molar-refractivity contribution is 5.80. The summed E-state index contributed by atoms with van der Waals surface area (Å²) in [5.74, 6) is 0.344. The van der Waals surface area contributed by atoms with Gasteiger partial charge in [-0.1, -0.05) is 30.3 Å². The number of nitrogens with one attached hydrogen (secondary N) is 1. The molecule has 4 aromatic rings. The molecule has 4 rings (SSSR count). The zero-order valence-corrected chi connectivity index (χ0v) is 18.3. The van der Waals surface area contributed by atoms with Crippen LogP contribution in [0.1, 0.15) is 12.5 Å². The summed E-state index contributed by atoms with van der Waals surface area (Å²) < 4.78 is 8.57. The Morgan fingerprint density at radius 1 is 1.18 bits per heavy atom. The Kier molecular flexibility index (Phi) is 6.62. The molecule has 0 bridgehead atoms. The van der Waals surface area contributed by atoms with Crippen LogP contribution in [0.15, 0.2) is 71.9 Å². The van der Waals surface area contributed by atoms with Crippen LogP contribution in [0.4, 0.5) is 5.69 Å². The van der Waals surface area contributed by atoms with E-state index in [1.165, 1.54) is 29.2 Å². The molecular weight excluding hydrogens is 440 g/mol. The lowest BCUT2D eigenvalue weighted by molar-refractivity contribution is -0.384. The van der Waals surface area contributed by atoms with E-state index < -0.39 is 11.0 Å². The highest BCUT2D eigenvalue weighted by Crippen LogP contribution is 2.13. The number of non-ortho nitro benzene ring substituents is 1. The Hall–Kier alpha value is -4.54. The number of nitro groups is 1. The van der Waals surface area contributed by atoms with Crippen LogP contribution >= 0.6 is 0 Å². The first-order chi connectivity index (χ1) is 16.4. The molecule has 1 N–H and O–H groups in total. The number of amides is 1. The Labute approximate surface area is 193 Å². The number of nitro benzene ring substituents is 1. The molecule has 2 aromatic carbocycles. The lowest BCUT2D eigenvalue weighted by atomic mass is 10.2. The van der Waals surface area contributed by atoms with Gasteiger partial charge in [-0.2, -0.15) is 5.10 Å². The third-order valence-electron chi connectivity index (χ3n) is 5.17. The zero-order valence-electron chi connectivity index (χ0n) is 18.3. The molecule has 34 heavy (non-hydrogen) atoms. The molecule has 0 spiro atoms. The predicted octanol–water partition coefficient (Wildman–Crippen LogP) is 2.13. The molecule has 0 fully saturated rings. The fourth-order valence-corrected chi connectivity index (χ4v) is 3.38. The summed E-state index contributed by atoms with van der Waals surface area (Å²) in [4.78, 5) is 39.8. The Morgan fingerprint density at radius 2 is 1.91 bits per heavy atom. The van der Waals surface area contributed by atoms with Crippen LogP contribution in [0.25, 0.3) is 11.0 Å². The van der Waals surface area contributed by atoms with E-state index in [-0.39, 0.29) is 30.2 Å². The van der Waals surface area contributed by atoms with Crippen LogP contribution in [0.3, 0.4) is 0 Å². The van der Waals surface area contributed by atoms with Crippen LogP contribution in [0.2, 0.25) is 0 Å². The summed E-state index contributed by atoms with van der Waals surface area (Å²) in [7, 11) is 0. The summed E-state index contributed by atoms with van der Waals surface area (Å²) in [6.07, 6.45) is 2.19. The normalized spacial score (nSPS) is 11.8. The van der Waals surface area contributed by atoms with E-state index in [2.05, 4.69) is 15.4 Å². The molecule has 0 aliphatic rings. The number of benzene rings is 2. The van der Waals surface area contributed by atoms with Crippen molar-refractivity contribution in [1.82, 2.24) is 24.6 Å². The molecule has 0 aliphatic carbocycles. The van der Waals surface area contributed by atoms with Gasteiger partial charge in [0.15, 0.2) is 11.8 Å². The summed E-state index contributed by atoms with van der Waals surface area (Å²) in [5.41, 5.74) is 0.853. The Morgan fingerprint density at radius 3 is 2.62 bits per heavy atom. The predicted molar refractivity (Wildman–Crippen MR) is 124 cm³/mol. The second kappa shape index (κ2) is 9.94. The fraction of sp³-hybridized carbons (Fsp3) is 0.217. The Balaban J connectivity index is 1.38. The molecule has 11 nitrogen and oxygen atoms in total. The highest BCUT2D eigenvalue weighted by Gasteiger charge is 2.15. The number of carbonyl (C=O) groups excluding carboxylic acids is 1. The van der Waals surface area contributed by atoms with Crippen LogP contribution < -0.4 is 15.6 Å². The summed E-state index contributed by atoms with van der Waals surface area (Å²) in [5, 5.41) is 18.2. The lowest BCUT2D eigenvalue weighted by Gasteiger charge is -2.14. The van der Waals surface area contributed by atoms with Crippen molar-refractivity contribution in [1.29, 1.82) is 0 Å². The van der Waals surface area contributed by atoms with Gasteiger partial charge in [-0.25, -0.2) is 9.67 Å². The fourth-order valence-electron chi connectivity index (χ4n) is 3.38. The number of fused-ring (bicyclic) bond motifs is 1. The highest BCUT2D eigenvalue weighted by atomic mass is 16.6. The Bertz CT molecular complexity index is 1360. The van der Waals surface area contributed by atoms with Crippen molar-refractivity contribution in [3.8, 4) is 5.75 Å². The van der Waals surface area contributed by atoms with Crippen molar-refractivity contribution in [3.63, 3.8) is 0 Å². The van der Waals surface area contributed by atoms with Gasteiger partial charge in [0, 0.05) is 18.7 Å². The topological polar surface area (TPSA) is 134 Å². The van der Waals surface area contributed by atoms with Crippen molar-refractivity contribution >= 4 is 22.6 Å².